The Morgan fingerprint density at radius 1 is 1.14 bits per heavy atom. The van der Waals surface area contributed by atoms with Crippen LogP contribution < -0.4 is 4.74 Å². The molecule has 0 fully saturated rings. The second-order valence-electron chi connectivity index (χ2n) is 4.80. The molecule has 2 aromatic carbocycles. The van der Waals surface area contributed by atoms with Crippen molar-refractivity contribution >= 4 is 28.3 Å². The Morgan fingerprint density at radius 2 is 1.90 bits per heavy atom. The van der Waals surface area contributed by atoms with Crippen LogP contribution in [-0.2, 0) is 6.54 Å². The average Bonchev–Trinajstić information content (AvgIpc) is 2.89. The van der Waals surface area contributed by atoms with Crippen LogP contribution in [-0.4, -0.2) is 17.5 Å². The SMILES string of the molecule is COc1ccc(C(=O)Cn2ccc3cc(Cl)ccc32)cc1. The van der Waals surface area contributed by atoms with E-state index in [1.54, 1.807) is 31.4 Å². The first-order valence-electron chi connectivity index (χ1n) is 6.59. The van der Waals surface area contributed by atoms with Crippen molar-refractivity contribution in [2.24, 2.45) is 0 Å². The fraction of sp³-hybridized carbons (Fsp3) is 0.118. The van der Waals surface area contributed by atoms with E-state index in [2.05, 4.69) is 0 Å². The van der Waals surface area contributed by atoms with Crippen LogP contribution in [0.3, 0.4) is 0 Å². The normalized spacial score (nSPS) is 10.8. The van der Waals surface area contributed by atoms with Crippen molar-refractivity contribution in [3.8, 4) is 5.75 Å². The van der Waals surface area contributed by atoms with Crippen LogP contribution in [0.15, 0.2) is 54.7 Å². The summed E-state index contributed by atoms with van der Waals surface area (Å²) in [4.78, 5) is 12.3. The van der Waals surface area contributed by atoms with Gasteiger partial charge in [-0.15, -0.1) is 0 Å². The highest BCUT2D eigenvalue weighted by atomic mass is 35.5. The van der Waals surface area contributed by atoms with Gasteiger partial charge in [0.1, 0.15) is 5.75 Å². The van der Waals surface area contributed by atoms with Gasteiger partial charge in [0.15, 0.2) is 5.78 Å². The molecule has 0 amide bonds. The minimum atomic E-state index is 0.0603. The summed E-state index contributed by atoms with van der Waals surface area (Å²) in [6.45, 7) is 0.303. The van der Waals surface area contributed by atoms with Crippen LogP contribution in [0.1, 0.15) is 10.4 Å². The topological polar surface area (TPSA) is 31.2 Å². The molecule has 21 heavy (non-hydrogen) atoms. The molecule has 0 saturated carbocycles. The summed E-state index contributed by atoms with van der Waals surface area (Å²) in [6.07, 6.45) is 1.91. The van der Waals surface area contributed by atoms with Gasteiger partial charge in [0, 0.05) is 27.7 Å². The predicted molar refractivity (Wildman–Crippen MR) is 84.3 cm³/mol. The maximum atomic E-state index is 12.3. The number of aromatic nitrogens is 1. The first-order valence-corrected chi connectivity index (χ1v) is 6.97. The molecule has 0 bridgehead atoms. The smallest absolute Gasteiger partial charge is 0.182 e. The number of Topliss-reactive ketones (excluding diaryl/α,β-unsaturated/α-hetero) is 1. The monoisotopic (exact) mass is 299 g/mol. The Bertz CT molecular complexity index is 790. The van der Waals surface area contributed by atoms with Gasteiger partial charge in [-0.2, -0.15) is 0 Å². The highest BCUT2D eigenvalue weighted by Crippen LogP contribution is 2.21. The van der Waals surface area contributed by atoms with E-state index < -0.39 is 0 Å². The second-order valence-corrected chi connectivity index (χ2v) is 5.23. The Hall–Kier alpha value is -2.26. The van der Waals surface area contributed by atoms with Crippen molar-refractivity contribution < 1.29 is 9.53 Å². The lowest BCUT2D eigenvalue weighted by atomic mass is 10.1. The number of hydrogen-bond acceptors (Lipinski definition) is 2. The number of carbonyl (C=O) groups excluding carboxylic acids is 1. The second kappa shape index (κ2) is 5.62. The number of nitrogens with zero attached hydrogens (tertiary/aromatic N) is 1. The van der Waals surface area contributed by atoms with Crippen molar-refractivity contribution in [3.63, 3.8) is 0 Å². The molecule has 1 heterocycles. The van der Waals surface area contributed by atoms with Crippen LogP contribution in [0.2, 0.25) is 5.02 Å². The van der Waals surface area contributed by atoms with Gasteiger partial charge < -0.3 is 9.30 Å². The van der Waals surface area contributed by atoms with Gasteiger partial charge >= 0.3 is 0 Å². The molecule has 3 rings (SSSR count). The lowest BCUT2D eigenvalue weighted by molar-refractivity contribution is 0.0973. The minimum Gasteiger partial charge on any atom is -0.497 e. The molecule has 0 aliphatic carbocycles. The minimum absolute atomic E-state index is 0.0603. The third-order valence-electron chi connectivity index (χ3n) is 3.46. The van der Waals surface area contributed by atoms with Crippen LogP contribution in [0.4, 0.5) is 0 Å². The van der Waals surface area contributed by atoms with Gasteiger partial charge in [0.25, 0.3) is 0 Å². The van der Waals surface area contributed by atoms with Crippen molar-refractivity contribution in [1.82, 2.24) is 4.57 Å². The predicted octanol–water partition coefficient (Wildman–Crippen LogP) is 4.19. The van der Waals surface area contributed by atoms with Crippen molar-refractivity contribution in [3.05, 3.63) is 65.3 Å². The summed E-state index contributed by atoms with van der Waals surface area (Å²) in [5.74, 6) is 0.803. The van der Waals surface area contributed by atoms with Gasteiger partial charge in [-0.05, 0) is 48.5 Å². The highest BCUT2D eigenvalue weighted by Gasteiger charge is 2.09. The molecule has 0 spiro atoms. The quantitative estimate of drug-likeness (QED) is 0.677. The number of benzene rings is 2. The van der Waals surface area contributed by atoms with Gasteiger partial charge in [0.2, 0.25) is 0 Å². The molecule has 0 radical (unpaired) electrons. The molecule has 0 aliphatic heterocycles. The highest BCUT2D eigenvalue weighted by molar-refractivity contribution is 6.31. The number of methoxy groups -OCH3 is 1. The Labute approximate surface area is 127 Å². The van der Waals surface area contributed by atoms with E-state index in [1.807, 2.05) is 35.0 Å². The maximum Gasteiger partial charge on any atom is 0.182 e. The van der Waals surface area contributed by atoms with E-state index in [9.17, 15) is 4.79 Å². The van der Waals surface area contributed by atoms with Crippen LogP contribution in [0.5, 0.6) is 5.75 Å². The Kier molecular flexibility index (Phi) is 3.67. The van der Waals surface area contributed by atoms with Gasteiger partial charge in [-0.1, -0.05) is 11.6 Å². The molecule has 4 heteroatoms. The van der Waals surface area contributed by atoms with E-state index in [1.165, 1.54) is 0 Å². The zero-order valence-electron chi connectivity index (χ0n) is 11.5. The Morgan fingerprint density at radius 3 is 2.62 bits per heavy atom. The zero-order valence-corrected chi connectivity index (χ0v) is 12.3. The van der Waals surface area contributed by atoms with E-state index in [0.29, 0.717) is 17.1 Å². The molecular weight excluding hydrogens is 286 g/mol. The van der Waals surface area contributed by atoms with Gasteiger partial charge in [0.05, 0.1) is 13.7 Å². The fourth-order valence-electron chi connectivity index (χ4n) is 2.33. The van der Waals surface area contributed by atoms with Crippen molar-refractivity contribution in [2.75, 3.05) is 7.11 Å². The van der Waals surface area contributed by atoms with Gasteiger partial charge in [-0.3, -0.25) is 4.79 Å². The van der Waals surface area contributed by atoms with E-state index in [4.69, 9.17) is 16.3 Å². The third-order valence-corrected chi connectivity index (χ3v) is 3.69. The number of fused-ring (bicyclic) bond motifs is 1. The maximum absolute atomic E-state index is 12.3. The van der Waals surface area contributed by atoms with E-state index in [0.717, 1.165) is 16.7 Å². The number of rotatable bonds is 4. The van der Waals surface area contributed by atoms with Crippen LogP contribution >= 0.6 is 11.6 Å². The molecule has 0 unspecified atom stereocenters. The lowest BCUT2D eigenvalue weighted by Gasteiger charge is -2.06. The molecule has 3 aromatic rings. The number of ether oxygens (including phenoxy) is 1. The largest absolute Gasteiger partial charge is 0.497 e. The molecular formula is C17H14ClNO2. The van der Waals surface area contributed by atoms with E-state index >= 15 is 0 Å². The summed E-state index contributed by atoms with van der Waals surface area (Å²) in [7, 11) is 1.61. The van der Waals surface area contributed by atoms with Gasteiger partial charge in [-0.25, -0.2) is 0 Å². The first-order chi connectivity index (χ1) is 10.2. The molecule has 106 valence electrons. The number of hydrogen-bond donors (Lipinski definition) is 0. The number of carbonyl (C=O) groups is 1. The summed E-state index contributed by atoms with van der Waals surface area (Å²) in [5, 5.41) is 1.73. The molecule has 0 saturated heterocycles. The summed E-state index contributed by atoms with van der Waals surface area (Å²) in [5.41, 5.74) is 1.67. The molecule has 3 nitrogen and oxygen atoms in total. The lowest BCUT2D eigenvalue weighted by Crippen LogP contribution is -2.09. The summed E-state index contributed by atoms with van der Waals surface area (Å²) >= 11 is 5.97. The van der Waals surface area contributed by atoms with Crippen molar-refractivity contribution in [1.29, 1.82) is 0 Å². The standard InChI is InChI=1S/C17H14ClNO2/c1-21-15-5-2-12(3-6-15)17(20)11-19-9-8-13-10-14(18)4-7-16(13)19/h2-10H,11H2,1H3. The van der Waals surface area contributed by atoms with Crippen molar-refractivity contribution in [2.45, 2.75) is 6.54 Å². The molecule has 0 atom stereocenters. The summed E-state index contributed by atoms with van der Waals surface area (Å²) < 4.78 is 7.02. The zero-order chi connectivity index (χ0) is 14.8. The number of ketones is 1. The average molecular weight is 300 g/mol. The Balaban J connectivity index is 1.85. The van der Waals surface area contributed by atoms with Crippen LogP contribution in [0, 0.1) is 0 Å². The summed E-state index contributed by atoms with van der Waals surface area (Å²) in [6, 6.07) is 14.8. The molecule has 1 aromatic heterocycles. The molecule has 0 aliphatic rings. The van der Waals surface area contributed by atoms with Crippen LogP contribution in [0.25, 0.3) is 10.9 Å². The fourth-order valence-corrected chi connectivity index (χ4v) is 2.51. The first kappa shape index (κ1) is 13.7. The molecule has 0 N–H and O–H groups in total. The van der Waals surface area contributed by atoms with E-state index in [-0.39, 0.29) is 5.78 Å². The third kappa shape index (κ3) is 2.78. The number of halogens is 1.